The highest BCUT2D eigenvalue weighted by Crippen LogP contribution is 2.32. The van der Waals surface area contributed by atoms with Gasteiger partial charge in [0.05, 0.1) is 13.2 Å². The van der Waals surface area contributed by atoms with Crippen LogP contribution in [0.15, 0.2) is 24.5 Å². The molecule has 2 heterocycles. The molecule has 1 aliphatic heterocycles. The average molecular weight is 292 g/mol. The van der Waals surface area contributed by atoms with Crippen molar-refractivity contribution in [1.82, 2.24) is 9.88 Å². The van der Waals surface area contributed by atoms with Crippen LogP contribution in [0.4, 0.5) is 0 Å². The van der Waals surface area contributed by atoms with E-state index in [-0.39, 0.29) is 5.97 Å². The number of piperidine rings is 1. The number of carbonyl (C=O) groups excluding carboxylic acids is 1. The molecule has 1 fully saturated rings. The zero-order chi connectivity index (χ0) is 15.1. The molecule has 1 saturated heterocycles. The first-order valence-electron chi connectivity index (χ1n) is 7.47. The molecule has 116 valence electrons. The number of esters is 1. The number of hydrogen-bond donors (Lipinski definition) is 0. The Hall–Kier alpha value is -1.46. The molecule has 0 amide bonds. The van der Waals surface area contributed by atoms with E-state index in [1.807, 2.05) is 19.2 Å². The topological polar surface area (TPSA) is 51.7 Å². The Labute approximate surface area is 126 Å². The lowest BCUT2D eigenvalue weighted by Gasteiger charge is -2.40. The second-order valence-electron chi connectivity index (χ2n) is 5.61. The van der Waals surface area contributed by atoms with Gasteiger partial charge in [-0.05, 0) is 37.9 Å². The van der Waals surface area contributed by atoms with Crippen molar-refractivity contribution in [3.05, 3.63) is 30.1 Å². The Bertz CT molecular complexity index is 448. The Kier molecular flexibility index (Phi) is 5.70. The van der Waals surface area contributed by atoms with E-state index in [0.29, 0.717) is 19.8 Å². The van der Waals surface area contributed by atoms with Crippen molar-refractivity contribution in [2.24, 2.45) is 5.41 Å². The quantitative estimate of drug-likeness (QED) is 0.749. The van der Waals surface area contributed by atoms with Crippen molar-refractivity contribution in [3.8, 4) is 0 Å². The molecule has 21 heavy (non-hydrogen) atoms. The Morgan fingerprint density at radius 2 is 2.38 bits per heavy atom. The summed E-state index contributed by atoms with van der Waals surface area (Å²) in [6.07, 6.45) is 5.44. The lowest BCUT2D eigenvalue weighted by molar-refractivity contribution is -0.163. The van der Waals surface area contributed by atoms with Crippen LogP contribution in [0.5, 0.6) is 0 Å². The second-order valence-corrected chi connectivity index (χ2v) is 5.61. The molecule has 5 heteroatoms. The van der Waals surface area contributed by atoms with E-state index in [1.165, 1.54) is 0 Å². The van der Waals surface area contributed by atoms with E-state index in [1.54, 1.807) is 13.3 Å². The molecule has 5 nitrogen and oxygen atoms in total. The van der Waals surface area contributed by atoms with Gasteiger partial charge in [-0.25, -0.2) is 0 Å². The number of nitrogens with zero attached hydrogens (tertiary/aromatic N) is 2. The molecule has 1 atom stereocenters. The maximum Gasteiger partial charge on any atom is 0.315 e. The first kappa shape index (κ1) is 15.9. The molecule has 2 rings (SSSR count). The van der Waals surface area contributed by atoms with Gasteiger partial charge in [0.25, 0.3) is 0 Å². The van der Waals surface area contributed by atoms with Crippen LogP contribution < -0.4 is 0 Å². The molecule has 0 aliphatic carbocycles. The summed E-state index contributed by atoms with van der Waals surface area (Å²) in [6, 6.07) is 4.00. The van der Waals surface area contributed by atoms with Crippen molar-refractivity contribution in [2.75, 3.05) is 33.4 Å². The van der Waals surface area contributed by atoms with E-state index < -0.39 is 5.41 Å². The molecule has 1 aliphatic rings. The molecule has 0 aromatic carbocycles. The number of likely N-dealkylation sites (tertiary alicyclic amines) is 1. The highest BCUT2D eigenvalue weighted by molar-refractivity contribution is 5.77. The summed E-state index contributed by atoms with van der Waals surface area (Å²) in [5, 5.41) is 0. The van der Waals surface area contributed by atoms with Gasteiger partial charge in [-0.3, -0.25) is 14.7 Å². The summed E-state index contributed by atoms with van der Waals surface area (Å²) in [4.78, 5) is 18.8. The van der Waals surface area contributed by atoms with Crippen LogP contribution in [-0.4, -0.2) is 49.3 Å². The molecule has 0 saturated carbocycles. The van der Waals surface area contributed by atoms with Crippen LogP contribution in [0.3, 0.4) is 0 Å². The Balaban J connectivity index is 2.07. The van der Waals surface area contributed by atoms with Crippen LogP contribution in [0.2, 0.25) is 0 Å². The van der Waals surface area contributed by atoms with Crippen molar-refractivity contribution >= 4 is 5.97 Å². The van der Waals surface area contributed by atoms with Crippen molar-refractivity contribution in [2.45, 2.75) is 26.3 Å². The van der Waals surface area contributed by atoms with Gasteiger partial charge in [0.2, 0.25) is 0 Å². The minimum absolute atomic E-state index is 0.136. The third-order valence-corrected chi connectivity index (χ3v) is 3.91. The fraction of sp³-hybridized carbons (Fsp3) is 0.625. The Morgan fingerprint density at radius 3 is 3.05 bits per heavy atom. The number of pyridine rings is 1. The first-order valence-corrected chi connectivity index (χ1v) is 7.47. The molecule has 0 radical (unpaired) electrons. The third kappa shape index (κ3) is 4.02. The van der Waals surface area contributed by atoms with E-state index in [9.17, 15) is 4.79 Å². The molecule has 0 bridgehead atoms. The number of carbonyl (C=O) groups is 1. The van der Waals surface area contributed by atoms with Crippen LogP contribution in [-0.2, 0) is 20.8 Å². The number of methoxy groups -OCH3 is 1. The number of ether oxygens (including phenoxy) is 2. The van der Waals surface area contributed by atoms with E-state index in [0.717, 1.165) is 31.5 Å². The Morgan fingerprint density at radius 1 is 1.52 bits per heavy atom. The molecular formula is C16H24N2O3. The third-order valence-electron chi connectivity index (χ3n) is 3.91. The van der Waals surface area contributed by atoms with Crippen LogP contribution in [0.1, 0.15) is 25.3 Å². The van der Waals surface area contributed by atoms with Gasteiger partial charge in [0.1, 0.15) is 5.41 Å². The standard InChI is InChI=1S/C16H24N2O3/c1-3-21-15(19)16(13-20-2)7-5-9-18(12-16)11-14-6-4-8-17-10-14/h4,6,8,10H,3,5,7,9,11-13H2,1-2H3. The minimum Gasteiger partial charge on any atom is -0.465 e. The zero-order valence-electron chi connectivity index (χ0n) is 12.9. The molecular weight excluding hydrogens is 268 g/mol. The SMILES string of the molecule is CCOC(=O)C1(COC)CCCN(Cc2cccnc2)C1. The highest BCUT2D eigenvalue weighted by atomic mass is 16.5. The van der Waals surface area contributed by atoms with Gasteiger partial charge in [-0.2, -0.15) is 0 Å². The monoisotopic (exact) mass is 292 g/mol. The van der Waals surface area contributed by atoms with Gasteiger partial charge in [0.15, 0.2) is 0 Å². The van der Waals surface area contributed by atoms with Crippen LogP contribution in [0, 0.1) is 5.41 Å². The van der Waals surface area contributed by atoms with Crippen molar-refractivity contribution in [1.29, 1.82) is 0 Å². The average Bonchev–Trinajstić information content (AvgIpc) is 2.49. The number of rotatable bonds is 6. The predicted octanol–water partition coefficient (Wildman–Crippen LogP) is 1.87. The minimum atomic E-state index is -0.536. The molecule has 0 N–H and O–H groups in total. The fourth-order valence-electron chi connectivity index (χ4n) is 3.02. The zero-order valence-corrected chi connectivity index (χ0v) is 12.9. The smallest absolute Gasteiger partial charge is 0.315 e. The summed E-state index contributed by atoms with van der Waals surface area (Å²) >= 11 is 0. The van der Waals surface area contributed by atoms with Gasteiger partial charge in [0, 0.05) is 32.6 Å². The van der Waals surface area contributed by atoms with Gasteiger partial charge < -0.3 is 9.47 Å². The van der Waals surface area contributed by atoms with Crippen molar-refractivity contribution < 1.29 is 14.3 Å². The van der Waals surface area contributed by atoms with Gasteiger partial charge in [-0.1, -0.05) is 6.07 Å². The normalized spacial score (nSPS) is 23.0. The summed E-state index contributed by atoms with van der Waals surface area (Å²) < 4.78 is 10.6. The summed E-state index contributed by atoms with van der Waals surface area (Å²) in [5.41, 5.74) is 0.625. The summed E-state index contributed by atoms with van der Waals surface area (Å²) in [5.74, 6) is -0.136. The molecule has 1 aromatic heterocycles. The van der Waals surface area contributed by atoms with E-state index in [4.69, 9.17) is 9.47 Å². The van der Waals surface area contributed by atoms with Gasteiger partial charge >= 0.3 is 5.97 Å². The predicted molar refractivity (Wildman–Crippen MR) is 79.7 cm³/mol. The molecule has 1 unspecified atom stereocenters. The summed E-state index contributed by atoms with van der Waals surface area (Å²) in [6.45, 7) is 5.13. The second kappa shape index (κ2) is 7.52. The van der Waals surface area contributed by atoms with Crippen LogP contribution >= 0.6 is 0 Å². The largest absolute Gasteiger partial charge is 0.465 e. The van der Waals surface area contributed by atoms with E-state index >= 15 is 0 Å². The maximum atomic E-state index is 12.4. The summed E-state index contributed by atoms with van der Waals surface area (Å²) in [7, 11) is 1.64. The lowest BCUT2D eigenvalue weighted by atomic mass is 9.80. The van der Waals surface area contributed by atoms with Crippen LogP contribution in [0.25, 0.3) is 0 Å². The number of aromatic nitrogens is 1. The van der Waals surface area contributed by atoms with E-state index in [2.05, 4.69) is 16.0 Å². The number of hydrogen-bond acceptors (Lipinski definition) is 5. The molecule has 0 spiro atoms. The molecule has 1 aromatic rings. The lowest BCUT2D eigenvalue weighted by Crippen LogP contribution is -2.50. The van der Waals surface area contributed by atoms with Crippen molar-refractivity contribution in [3.63, 3.8) is 0 Å². The van der Waals surface area contributed by atoms with Gasteiger partial charge in [-0.15, -0.1) is 0 Å². The maximum absolute atomic E-state index is 12.4. The fourth-order valence-corrected chi connectivity index (χ4v) is 3.02. The highest BCUT2D eigenvalue weighted by Gasteiger charge is 2.43. The first-order chi connectivity index (χ1) is 10.2.